The molecule has 0 radical (unpaired) electrons. The number of alkyl halides is 1. The molecule has 30 heavy (non-hydrogen) atoms. The van der Waals surface area contributed by atoms with E-state index in [1.54, 1.807) is 37.3 Å². The molecule has 0 N–H and O–H groups in total. The zero-order chi connectivity index (χ0) is 21.5. The summed E-state index contributed by atoms with van der Waals surface area (Å²) >= 11 is 13.8. The quantitative estimate of drug-likeness (QED) is 0.593. The van der Waals surface area contributed by atoms with E-state index in [2.05, 4.69) is 4.98 Å². The molecule has 0 bridgehead atoms. The lowest BCUT2D eigenvalue weighted by atomic mass is 10.0. The largest absolute Gasteiger partial charge is 0.345 e. The van der Waals surface area contributed by atoms with E-state index in [1.165, 1.54) is 27.8 Å². The summed E-state index contributed by atoms with van der Waals surface area (Å²) in [6.07, 6.45) is 6.84. The van der Waals surface area contributed by atoms with Crippen LogP contribution in [0.3, 0.4) is 0 Å². The van der Waals surface area contributed by atoms with Crippen molar-refractivity contribution in [3.05, 3.63) is 58.7 Å². The molecule has 10 heteroatoms. The number of nitrogens with zero attached hydrogens (tertiary/aromatic N) is 3. The summed E-state index contributed by atoms with van der Waals surface area (Å²) in [5, 5.41) is 2.13. The second kappa shape index (κ2) is 8.24. The standard InChI is InChI=1S/C20H20Cl2FN3O2S2/c1-20(22)5-3-2-4-18(20)30(27,28)26-8-6-25(7-9-26)19-24-17(13-29-19)14-10-15(21)12-16(23)11-14/h2-5,10-13,18H,6-9H2,1H3. The second-order valence-electron chi connectivity index (χ2n) is 7.42. The molecule has 2 unspecified atom stereocenters. The lowest BCUT2D eigenvalue weighted by Gasteiger charge is -2.38. The highest BCUT2D eigenvalue weighted by Crippen LogP contribution is 2.34. The van der Waals surface area contributed by atoms with Crippen LogP contribution in [0.4, 0.5) is 9.52 Å². The van der Waals surface area contributed by atoms with Crippen molar-refractivity contribution in [2.24, 2.45) is 0 Å². The van der Waals surface area contributed by atoms with E-state index < -0.39 is 26.0 Å². The van der Waals surface area contributed by atoms with Gasteiger partial charge < -0.3 is 4.90 Å². The average molecular weight is 488 g/mol. The fourth-order valence-electron chi connectivity index (χ4n) is 3.62. The van der Waals surface area contributed by atoms with Crippen molar-refractivity contribution in [3.63, 3.8) is 0 Å². The molecule has 1 aliphatic heterocycles. The highest BCUT2D eigenvalue weighted by molar-refractivity contribution is 7.90. The van der Waals surface area contributed by atoms with Crippen LogP contribution in [0.25, 0.3) is 11.3 Å². The van der Waals surface area contributed by atoms with Gasteiger partial charge in [0.2, 0.25) is 10.0 Å². The second-order valence-corrected chi connectivity index (χ2v) is 11.6. The van der Waals surface area contributed by atoms with Crippen molar-refractivity contribution in [3.8, 4) is 11.3 Å². The van der Waals surface area contributed by atoms with Gasteiger partial charge in [-0.05, 0) is 25.1 Å². The Balaban J connectivity index is 1.46. The molecular formula is C20H20Cl2FN3O2S2. The molecule has 1 saturated heterocycles. The minimum atomic E-state index is -3.58. The number of aromatic nitrogens is 1. The first-order valence-electron chi connectivity index (χ1n) is 9.38. The van der Waals surface area contributed by atoms with Gasteiger partial charge in [0.25, 0.3) is 0 Å². The molecule has 2 aliphatic rings. The molecule has 2 atom stereocenters. The number of halogens is 3. The number of sulfonamides is 1. The van der Waals surface area contributed by atoms with Crippen molar-refractivity contribution in [1.29, 1.82) is 0 Å². The Morgan fingerprint density at radius 3 is 2.60 bits per heavy atom. The first-order chi connectivity index (χ1) is 14.2. The smallest absolute Gasteiger partial charge is 0.222 e. The lowest BCUT2D eigenvalue weighted by molar-refractivity contribution is 0.379. The number of thiazole rings is 1. The summed E-state index contributed by atoms with van der Waals surface area (Å²) in [6.45, 7) is 3.44. The van der Waals surface area contributed by atoms with Crippen LogP contribution in [-0.4, -0.2) is 54.0 Å². The first-order valence-corrected chi connectivity index (χ1v) is 12.5. The molecular weight excluding hydrogens is 468 g/mol. The molecule has 2 aromatic rings. The Bertz CT molecular complexity index is 1090. The molecule has 1 fully saturated rings. The van der Waals surface area contributed by atoms with Crippen LogP contribution in [0.15, 0.2) is 47.9 Å². The maximum absolute atomic E-state index is 13.6. The number of anilines is 1. The molecule has 0 saturated carbocycles. The molecule has 2 heterocycles. The van der Waals surface area contributed by atoms with Gasteiger partial charge in [-0.25, -0.2) is 17.8 Å². The van der Waals surface area contributed by atoms with E-state index in [9.17, 15) is 12.8 Å². The third-order valence-corrected chi connectivity index (χ3v) is 9.20. The van der Waals surface area contributed by atoms with Crippen molar-refractivity contribution < 1.29 is 12.8 Å². The van der Waals surface area contributed by atoms with E-state index in [4.69, 9.17) is 23.2 Å². The van der Waals surface area contributed by atoms with Crippen LogP contribution in [0.1, 0.15) is 6.92 Å². The van der Waals surface area contributed by atoms with Gasteiger partial charge in [-0.2, -0.15) is 4.31 Å². The molecule has 5 nitrogen and oxygen atoms in total. The maximum Gasteiger partial charge on any atom is 0.222 e. The summed E-state index contributed by atoms with van der Waals surface area (Å²) in [6, 6.07) is 4.31. The summed E-state index contributed by atoms with van der Waals surface area (Å²) in [4.78, 5) is 5.66. The summed E-state index contributed by atoms with van der Waals surface area (Å²) in [7, 11) is -3.58. The first kappa shape index (κ1) is 21.8. The Kier molecular flexibility index (Phi) is 5.98. The van der Waals surface area contributed by atoms with Crippen molar-refractivity contribution in [2.75, 3.05) is 31.1 Å². The van der Waals surface area contributed by atoms with Gasteiger partial charge in [0.05, 0.1) is 10.6 Å². The van der Waals surface area contributed by atoms with E-state index >= 15 is 0 Å². The van der Waals surface area contributed by atoms with Crippen molar-refractivity contribution in [2.45, 2.75) is 17.0 Å². The van der Waals surface area contributed by atoms with Crippen LogP contribution in [0.5, 0.6) is 0 Å². The number of allylic oxidation sites excluding steroid dienone is 3. The Hall–Kier alpha value is -1.45. The minimum Gasteiger partial charge on any atom is -0.345 e. The zero-order valence-corrected chi connectivity index (χ0v) is 19.3. The Labute approximate surface area is 189 Å². The lowest BCUT2D eigenvalue weighted by Crippen LogP contribution is -2.54. The van der Waals surface area contributed by atoms with Crippen LogP contribution >= 0.6 is 34.5 Å². The van der Waals surface area contributed by atoms with E-state index in [1.807, 2.05) is 10.3 Å². The molecule has 1 aromatic carbocycles. The molecule has 0 amide bonds. The SMILES string of the molecule is CC1(Cl)C=CC=CC1S(=O)(=O)N1CCN(c2nc(-c3cc(F)cc(Cl)c3)cs2)CC1. The average Bonchev–Trinajstić information content (AvgIpc) is 3.17. The number of hydrogen-bond donors (Lipinski definition) is 0. The topological polar surface area (TPSA) is 53.5 Å². The number of piperazine rings is 1. The van der Waals surface area contributed by atoms with Crippen LogP contribution < -0.4 is 4.90 Å². The monoisotopic (exact) mass is 487 g/mol. The van der Waals surface area contributed by atoms with Gasteiger partial charge in [-0.1, -0.05) is 35.9 Å². The highest BCUT2D eigenvalue weighted by Gasteiger charge is 2.43. The minimum absolute atomic E-state index is 0.316. The van der Waals surface area contributed by atoms with Crippen molar-refractivity contribution >= 4 is 49.7 Å². The summed E-state index contributed by atoms with van der Waals surface area (Å²) in [5.74, 6) is -0.413. The van der Waals surface area contributed by atoms with Gasteiger partial charge in [0, 0.05) is 42.1 Å². The fraction of sp³-hybridized carbons (Fsp3) is 0.350. The van der Waals surface area contributed by atoms with E-state index in [0.29, 0.717) is 42.5 Å². The van der Waals surface area contributed by atoms with Crippen LogP contribution in [-0.2, 0) is 10.0 Å². The maximum atomic E-state index is 13.6. The van der Waals surface area contributed by atoms with Gasteiger partial charge in [0.15, 0.2) is 5.13 Å². The number of rotatable bonds is 4. The predicted octanol–water partition coefficient (Wildman–Crippen LogP) is 4.55. The van der Waals surface area contributed by atoms with Gasteiger partial charge in [0.1, 0.15) is 11.1 Å². The molecule has 0 spiro atoms. The Morgan fingerprint density at radius 1 is 1.20 bits per heavy atom. The molecule has 160 valence electrons. The number of benzene rings is 1. The number of hydrogen-bond acceptors (Lipinski definition) is 5. The van der Waals surface area contributed by atoms with Gasteiger partial charge in [-0.3, -0.25) is 0 Å². The molecule has 4 rings (SSSR count). The summed E-state index contributed by atoms with van der Waals surface area (Å²) < 4.78 is 41.4. The third kappa shape index (κ3) is 4.29. The van der Waals surface area contributed by atoms with Crippen LogP contribution in [0.2, 0.25) is 5.02 Å². The van der Waals surface area contributed by atoms with Crippen molar-refractivity contribution in [1.82, 2.24) is 9.29 Å². The summed E-state index contributed by atoms with van der Waals surface area (Å²) in [5.41, 5.74) is 1.26. The normalized spacial score (nSPS) is 25.1. The Morgan fingerprint density at radius 2 is 1.93 bits per heavy atom. The fourth-order valence-corrected chi connectivity index (χ4v) is 7.16. The van der Waals surface area contributed by atoms with Gasteiger partial charge >= 0.3 is 0 Å². The van der Waals surface area contributed by atoms with Gasteiger partial charge in [-0.15, -0.1) is 22.9 Å². The zero-order valence-electron chi connectivity index (χ0n) is 16.1. The van der Waals surface area contributed by atoms with E-state index in [-0.39, 0.29) is 0 Å². The van der Waals surface area contributed by atoms with Crippen LogP contribution in [0, 0.1) is 5.82 Å². The third-order valence-electron chi connectivity index (χ3n) is 5.22. The molecule has 1 aliphatic carbocycles. The highest BCUT2D eigenvalue weighted by atomic mass is 35.5. The molecule has 1 aromatic heterocycles. The predicted molar refractivity (Wildman–Crippen MR) is 122 cm³/mol. The van der Waals surface area contributed by atoms with E-state index in [0.717, 1.165) is 5.13 Å².